The molecule has 0 heterocycles. The highest BCUT2D eigenvalue weighted by atomic mass is 35.5. The maximum Gasteiger partial charge on any atom is 0.273 e. The predicted molar refractivity (Wildman–Crippen MR) is 100 cm³/mol. The largest absolute Gasteiger partial charge is 0.470 e. The van der Waals surface area contributed by atoms with Gasteiger partial charge in [0.2, 0.25) is 0 Å². The van der Waals surface area contributed by atoms with Gasteiger partial charge in [0.05, 0.1) is 5.92 Å². The fourth-order valence-corrected chi connectivity index (χ4v) is 1.83. The Labute approximate surface area is 152 Å². The Balaban J connectivity index is 0.00000108. The molecule has 5 nitrogen and oxygen atoms in total. The maximum atomic E-state index is 11.7. The number of Topliss-reactive ketones (excluding diaryl/α,β-unsaturated/α-hetero) is 1. The molecule has 1 unspecified atom stereocenters. The van der Waals surface area contributed by atoms with E-state index in [1.54, 1.807) is 25.9 Å². The number of hydrogen-bond acceptors (Lipinski definition) is 4. The van der Waals surface area contributed by atoms with Crippen molar-refractivity contribution in [3.63, 3.8) is 0 Å². The van der Waals surface area contributed by atoms with Crippen LogP contribution in [0.2, 0.25) is 5.02 Å². The topological polar surface area (TPSA) is 72.6 Å². The van der Waals surface area contributed by atoms with E-state index < -0.39 is 5.24 Å². The van der Waals surface area contributed by atoms with Gasteiger partial charge < -0.3 is 15.4 Å². The van der Waals surface area contributed by atoms with E-state index in [0.29, 0.717) is 16.6 Å². The Morgan fingerprint density at radius 1 is 1.39 bits per heavy atom. The van der Waals surface area contributed by atoms with Crippen molar-refractivity contribution in [1.82, 2.24) is 4.90 Å². The highest BCUT2D eigenvalue weighted by Crippen LogP contribution is 2.19. The summed E-state index contributed by atoms with van der Waals surface area (Å²) in [5.41, 5.74) is 5.28. The number of rotatable bonds is 5. The van der Waals surface area contributed by atoms with Crippen molar-refractivity contribution in [3.05, 3.63) is 34.9 Å². The van der Waals surface area contributed by atoms with E-state index in [4.69, 9.17) is 33.4 Å². The second kappa shape index (κ2) is 11.3. The van der Waals surface area contributed by atoms with Gasteiger partial charge in [0.15, 0.2) is 0 Å². The van der Waals surface area contributed by atoms with E-state index in [1.807, 2.05) is 24.3 Å². The van der Waals surface area contributed by atoms with Crippen LogP contribution in [-0.2, 0) is 16.0 Å². The third kappa shape index (κ3) is 10.1. The third-order valence-corrected chi connectivity index (χ3v) is 3.62. The van der Waals surface area contributed by atoms with Crippen LogP contribution in [0.5, 0.6) is 0 Å². The average Bonchev–Trinajstić information content (AvgIpc) is 2.43. The van der Waals surface area contributed by atoms with Crippen molar-refractivity contribution in [1.29, 1.82) is 0 Å². The van der Waals surface area contributed by atoms with Crippen LogP contribution in [-0.4, -0.2) is 41.8 Å². The van der Waals surface area contributed by atoms with Crippen molar-refractivity contribution < 1.29 is 14.3 Å². The molecule has 1 rings (SSSR count). The summed E-state index contributed by atoms with van der Waals surface area (Å²) in [6, 6.07) is 7.51. The second-order valence-electron chi connectivity index (χ2n) is 4.91. The molecule has 0 saturated heterocycles. The highest BCUT2D eigenvalue weighted by molar-refractivity contribution is 7.96. The number of ether oxygens (including phenoxy) is 1. The lowest BCUT2D eigenvalue weighted by molar-refractivity contribution is -0.121. The van der Waals surface area contributed by atoms with Crippen molar-refractivity contribution in [2.45, 2.75) is 13.3 Å². The number of hydrogen-bond donors (Lipinski definition) is 2. The number of thiol groups is 1. The number of thiocarbonyl (C=S) groups is 1. The molecule has 23 heavy (non-hydrogen) atoms. The molecule has 1 amide bonds. The van der Waals surface area contributed by atoms with Crippen LogP contribution in [0.15, 0.2) is 24.3 Å². The summed E-state index contributed by atoms with van der Waals surface area (Å²) >= 11 is 14.2. The first-order valence-electron chi connectivity index (χ1n) is 6.71. The Kier molecular flexibility index (Phi) is 10.6. The van der Waals surface area contributed by atoms with Gasteiger partial charge in [0.1, 0.15) is 12.4 Å². The van der Waals surface area contributed by atoms with E-state index >= 15 is 0 Å². The van der Waals surface area contributed by atoms with Crippen molar-refractivity contribution in [3.8, 4) is 0 Å². The van der Waals surface area contributed by atoms with Gasteiger partial charge in [-0.05, 0) is 37.2 Å². The molecule has 0 radical (unpaired) electrons. The third-order valence-electron chi connectivity index (χ3n) is 2.77. The minimum atomic E-state index is -0.639. The van der Waals surface area contributed by atoms with Gasteiger partial charge in [-0.15, -0.1) is 0 Å². The van der Waals surface area contributed by atoms with E-state index in [-0.39, 0.29) is 18.3 Å². The molecule has 2 N–H and O–H groups in total. The first-order chi connectivity index (χ1) is 10.6. The lowest BCUT2D eigenvalue weighted by atomic mass is 9.97. The zero-order valence-electron chi connectivity index (χ0n) is 13.3. The Morgan fingerprint density at radius 3 is 2.35 bits per heavy atom. The van der Waals surface area contributed by atoms with Crippen molar-refractivity contribution in [2.24, 2.45) is 11.7 Å². The minimum absolute atomic E-state index is 0.0708. The molecule has 0 fully saturated rings. The lowest BCUT2D eigenvalue weighted by Crippen LogP contribution is -2.28. The normalized spacial score (nSPS) is 10.8. The van der Waals surface area contributed by atoms with Gasteiger partial charge in [0, 0.05) is 19.1 Å². The first-order valence-corrected chi connectivity index (χ1v) is 7.94. The van der Waals surface area contributed by atoms with Crippen LogP contribution in [0.3, 0.4) is 0 Å². The number of benzene rings is 1. The van der Waals surface area contributed by atoms with E-state index in [9.17, 15) is 4.79 Å². The molecule has 0 saturated carbocycles. The Morgan fingerprint density at radius 2 is 1.91 bits per heavy atom. The summed E-state index contributed by atoms with van der Waals surface area (Å²) in [7, 11) is 3.61. The zero-order chi connectivity index (χ0) is 18.0. The van der Waals surface area contributed by atoms with Crippen LogP contribution in [0.1, 0.15) is 12.5 Å². The van der Waals surface area contributed by atoms with Crippen LogP contribution >= 0.6 is 36.4 Å². The number of nitrogens with zero attached hydrogens (tertiary/aromatic N) is 1. The number of primary amides is 1. The quantitative estimate of drug-likeness (QED) is 0.610. The molecule has 1 aromatic rings. The molecule has 0 aliphatic heterocycles. The number of halogens is 1. The van der Waals surface area contributed by atoms with Crippen LogP contribution in [0.25, 0.3) is 0 Å². The monoisotopic (exact) mass is 376 g/mol. The summed E-state index contributed by atoms with van der Waals surface area (Å²) in [5, 5.41) is 0.411. The second-order valence-corrected chi connectivity index (χ2v) is 6.11. The Bertz CT molecular complexity index is 549. The standard InChI is InChI=1S/C14H18ClNO2S.CH3NOS/c1-10(17)12(9-18-14(19)16(2)3)8-11-6-4-5-7-13(11)15;2-1(3)4/h4-7,12H,8-9H2,1-3H3;(H3,2,3,4). The van der Waals surface area contributed by atoms with Crippen LogP contribution in [0.4, 0.5) is 4.79 Å². The summed E-state index contributed by atoms with van der Waals surface area (Å²) in [4.78, 5) is 22.4. The summed E-state index contributed by atoms with van der Waals surface area (Å²) < 4.78 is 5.43. The predicted octanol–water partition coefficient (Wildman–Crippen LogP) is 2.95. The van der Waals surface area contributed by atoms with Gasteiger partial charge in [-0.1, -0.05) is 42.4 Å². The van der Waals surface area contributed by atoms with Gasteiger partial charge in [-0.25, -0.2) is 0 Å². The van der Waals surface area contributed by atoms with Gasteiger partial charge >= 0.3 is 0 Å². The fraction of sp³-hybridized carbons (Fsp3) is 0.400. The van der Waals surface area contributed by atoms with E-state index in [2.05, 4.69) is 18.4 Å². The summed E-state index contributed by atoms with van der Waals surface area (Å²) in [6.07, 6.45) is 0.561. The smallest absolute Gasteiger partial charge is 0.273 e. The first kappa shape index (κ1) is 21.7. The maximum absolute atomic E-state index is 11.7. The number of ketones is 1. The van der Waals surface area contributed by atoms with Crippen LogP contribution < -0.4 is 5.73 Å². The molecule has 0 aromatic heterocycles. The molecule has 0 aliphatic rings. The number of carbonyl (C=O) groups is 2. The number of nitrogens with two attached hydrogens (primary N) is 1. The van der Waals surface area contributed by atoms with Crippen molar-refractivity contribution >= 4 is 52.6 Å². The number of amides is 1. The molecule has 0 spiro atoms. The average molecular weight is 377 g/mol. The molecule has 1 atom stereocenters. The molecule has 1 aromatic carbocycles. The van der Waals surface area contributed by atoms with E-state index in [0.717, 1.165) is 5.56 Å². The van der Waals surface area contributed by atoms with Gasteiger partial charge in [-0.2, -0.15) is 0 Å². The molecule has 8 heteroatoms. The minimum Gasteiger partial charge on any atom is -0.470 e. The lowest BCUT2D eigenvalue weighted by Gasteiger charge is -2.19. The van der Waals surface area contributed by atoms with Gasteiger partial charge in [0.25, 0.3) is 10.4 Å². The molecule has 0 bridgehead atoms. The highest BCUT2D eigenvalue weighted by Gasteiger charge is 2.18. The summed E-state index contributed by atoms with van der Waals surface area (Å²) in [6.45, 7) is 1.83. The fourth-order valence-electron chi connectivity index (χ4n) is 1.55. The van der Waals surface area contributed by atoms with Crippen LogP contribution in [0, 0.1) is 5.92 Å². The molecule has 128 valence electrons. The Hall–Kier alpha value is -1.31. The van der Waals surface area contributed by atoms with Crippen molar-refractivity contribution in [2.75, 3.05) is 20.7 Å². The molecular weight excluding hydrogens is 356 g/mol. The SMILES string of the molecule is CC(=O)C(COC(=S)N(C)C)Cc1ccccc1Cl.NC(=O)S. The van der Waals surface area contributed by atoms with E-state index in [1.165, 1.54) is 0 Å². The zero-order valence-corrected chi connectivity index (χ0v) is 15.8. The molecule has 0 aliphatic carbocycles. The van der Waals surface area contributed by atoms with Gasteiger partial charge in [-0.3, -0.25) is 9.59 Å². The molecular formula is C15H21ClN2O3S2. The number of carbonyl (C=O) groups excluding carboxylic acids is 2. The summed E-state index contributed by atoms with van der Waals surface area (Å²) in [5.74, 6) is -0.167.